The predicted octanol–water partition coefficient (Wildman–Crippen LogP) is -1.36. The smallest absolute Gasteiger partial charge is 0.304 e. The van der Waals surface area contributed by atoms with Crippen LogP contribution >= 0.6 is 0 Å². The number of carboxylic acid groups (broad SMARTS) is 1. The minimum atomic E-state index is -4.65. The Hall–Kier alpha value is -1.74. The summed E-state index contributed by atoms with van der Waals surface area (Å²) < 4.78 is 30.6. The van der Waals surface area contributed by atoms with Crippen LogP contribution in [0.25, 0.3) is 0 Å². The summed E-state index contributed by atoms with van der Waals surface area (Å²) in [6.45, 7) is -0.685. The van der Waals surface area contributed by atoms with Crippen molar-refractivity contribution >= 4 is 27.9 Å². The van der Waals surface area contributed by atoms with Gasteiger partial charge in [0.2, 0.25) is 0 Å². The number of carboxylic acids is 1. The lowest BCUT2D eigenvalue weighted by Gasteiger charge is -2.18. The molecule has 2 amide bonds. The Bertz CT molecular complexity index is 474. The quantitative estimate of drug-likeness (QED) is 0.463. The molecule has 94 valence electrons. The second-order valence-electron chi connectivity index (χ2n) is 3.36. The first kappa shape index (κ1) is 13.3. The zero-order valence-electron chi connectivity index (χ0n) is 8.44. The van der Waals surface area contributed by atoms with Crippen molar-refractivity contribution in [2.45, 2.75) is 11.7 Å². The van der Waals surface area contributed by atoms with E-state index in [4.69, 9.17) is 9.66 Å². The second kappa shape index (κ2) is 4.63. The van der Waals surface area contributed by atoms with E-state index in [1.165, 1.54) is 0 Å². The summed E-state index contributed by atoms with van der Waals surface area (Å²) in [7, 11) is -4.65. The number of aliphatic carboxylic acids is 1. The minimum Gasteiger partial charge on any atom is -0.481 e. The van der Waals surface area contributed by atoms with Gasteiger partial charge in [0.05, 0.1) is 6.42 Å². The van der Waals surface area contributed by atoms with Crippen molar-refractivity contribution in [1.82, 2.24) is 4.90 Å². The molecule has 1 unspecified atom stereocenters. The van der Waals surface area contributed by atoms with Crippen molar-refractivity contribution in [1.29, 1.82) is 0 Å². The van der Waals surface area contributed by atoms with Crippen molar-refractivity contribution in [2.75, 3.05) is 6.54 Å². The molecule has 2 N–H and O–H groups in total. The zero-order valence-corrected chi connectivity index (χ0v) is 9.25. The molecular formula is C8H9NO7S. The van der Waals surface area contributed by atoms with Crippen molar-refractivity contribution in [3.63, 3.8) is 0 Å². The number of imide groups is 1. The summed E-state index contributed by atoms with van der Waals surface area (Å²) in [6.07, 6.45) is 0.976. The van der Waals surface area contributed by atoms with E-state index in [0.717, 1.165) is 12.2 Å². The van der Waals surface area contributed by atoms with Crippen LogP contribution in [0.15, 0.2) is 12.2 Å². The lowest BCUT2D eigenvalue weighted by molar-refractivity contribution is -0.140. The lowest BCUT2D eigenvalue weighted by atomic mass is 10.3. The van der Waals surface area contributed by atoms with E-state index in [0.29, 0.717) is 4.90 Å². The minimum absolute atomic E-state index is 0.557. The second-order valence-corrected chi connectivity index (χ2v) is 5.05. The molecule has 0 fully saturated rings. The van der Waals surface area contributed by atoms with Crippen LogP contribution in [-0.2, 0) is 24.5 Å². The van der Waals surface area contributed by atoms with Gasteiger partial charge in [-0.1, -0.05) is 0 Å². The summed E-state index contributed by atoms with van der Waals surface area (Å²) in [6, 6.07) is 0. The predicted molar refractivity (Wildman–Crippen MR) is 53.4 cm³/mol. The first-order chi connectivity index (χ1) is 7.71. The largest absolute Gasteiger partial charge is 0.481 e. The topological polar surface area (TPSA) is 129 Å². The highest BCUT2D eigenvalue weighted by atomic mass is 32.2. The fourth-order valence-corrected chi connectivity index (χ4v) is 1.96. The number of hydrogen-bond donors (Lipinski definition) is 2. The normalized spacial score (nSPS) is 17.6. The van der Waals surface area contributed by atoms with Crippen LogP contribution < -0.4 is 0 Å². The first-order valence-corrected chi connectivity index (χ1v) is 5.93. The summed E-state index contributed by atoms with van der Waals surface area (Å²) >= 11 is 0. The molecule has 0 bridgehead atoms. The van der Waals surface area contributed by atoms with Crippen LogP contribution in [0.3, 0.4) is 0 Å². The fourth-order valence-electron chi connectivity index (χ4n) is 1.27. The molecule has 17 heavy (non-hydrogen) atoms. The van der Waals surface area contributed by atoms with Crippen molar-refractivity contribution < 1.29 is 32.5 Å². The van der Waals surface area contributed by atoms with Gasteiger partial charge in [0.25, 0.3) is 21.9 Å². The molecule has 1 aliphatic heterocycles. The molecule has 1 heterocycles. The first-order valence-electron chi connectivity index (χ1n) is 4.43. The zero-order chi connectivity index (χ0) is 13.2. The Morgan fingerprint density at radius 2 is 1.76 bits per heavy atom. The Kier molecular flexibility index (Phi) is 3.63. The van der Waals surface area contributed by atoms with E-state index in [9.17, 15) is 22.8 Å². The summed E-state index contributed by atoms with van der Waals surface area (Å²) in [5.41, 5.74) is 0. The van der Waals surface area contributed by atoms with Gasteiger partial charge in [-0.3, -0.25) is 23.8 Å². The molecule has 0 aromatic rings. The van der Waals surface area contributed by atoms with Gasteiger partial charge in [-0.25, -0.2) is 0 Å². The maximum Gasteiger partial charge on any atom is 0.304 e. The average molecular weight is 263 g/mol. The fraction of sp³-hybridized carbons (Fsp3) is 0.375. The van der Waals surface area contributed by atoms with Crippen molar-refractivity contribution in [3.05, 3.63) is 12.2 Å². The standard InChI is InChI=1S/C8H9NO7S/c10-6-1-2-7(11)9(6)4-5(3-8(12)13)17(14,15)16/h1-2,5H,3-4H2,(H,12,13)(H,14,15,16). The summed E-state index contributed by atoms with van der Waals surface area (Å²) in [4.78, 5) is 33.2. The monoisotopic (exact) mass is 263 g/mol. The number of carbonyl (C=O) groups excluding carboxylic acids is 2. The van der Waals surface area contributed by atoms with E-state index in [1.807, 2.05) is 0 Å². The van der Waals surface area contributed by atoms with Crippen LogP contribution in [0.1, 0.15) is 6.42 Å². The van der Waals surface area contributed by atoms with Crippen LogP contribution in [0.5, 0.6) is 0 Å². The van der Waals surface area contributed by atoms with Gasteiger partial charge in [0.1, 0.15) is 5.25 Å². The van der Waals surface area contributed by atoms with Crippen LogP contribution in [0, 0.1) is 0 Å². The van der Waals surface area contributed by atoms with E-state index in [2.05, 4.69) is 0 Å². The highest BCUT2D eigenvalue weighted by Gasteiger charge is 2.33. The molecule has 0 aromatic carbocycles. The van der Waals surface area contributed by atoms with Gasteiger partial charge in [0, 0.05) is 18.7 Å². The third kappa shape index (κ3) is 3.36. The van der Waals surface area contributed by atoms with Gasteiger partial charge < -0.3 is 5.11 Å². The number of amides is 2. The van der Waals surface area contributed by atoms with Crippen molar-refractivity contribution in [3.8, 4) is 0 Å². The Morgan fingerprint density at radius 1 is 1.29 bits per heavy atom. The van der Waals surface area contributed by atoms with Crippen LogP contribution in [0.4, 0.5) is 0 Å². The van der Waals surface area contributed by atoms with Crippen molar-refractivity contribution in [2.24, 2.45) is 0 Å². The highest BCUT2D eigenvalue weighted by Crippen LogP contribution is 2.11. The Labute approximate surface area is 96.3 Å². The number of nitrogens with zero attached hydrogens (tertiary/aromatic N) is 1. The van der Waals surface area contributed by atoms with E-state index in [-0.39, 0.29) is 0 Å². The highest BCUT2D eigenvalue weighted by molar-refractivity contribution is 7.86. The third-order valence-corrected chi connectivity index (χ3v) is 3.27. The molecule has 1 rings (SSSR count). The Balaban J connectivity index is 2.84. The van der Waals surface area contributed by atoms with Crippen LogP contribution in [-0.4, -0.2) is 52.6 Å². The molecule has 0 saturated heterocycles. The summed E-state index contributed by atoms with van der Waals surface area (Å²) in [5, 5.41) is 6.74. The molecule has 0 radical (unpaired) electrons. The van der Waals surface area contributed by atoms with Gasteiger partial charge in [-0.05, 0) is 0 Å². The number of rotatable bonds is 5. The van der Waals surface area contributed by atoms with Gasteiger partial charge >= 0.3 is 5.97 Å². The van der Waals surface area contributed by atoms with Gasteiger partial charge in [-0.15, -0.1) is 0 Å². The maximum absolute atomic E-state index is 11.1. The molecule has 9 heteroatoms. The van der Waals surface area contributed by atoms with Gasteiger partial charge in [0.15, 0.2) is 0 Å². The SMILES string of the molecule is O=C(O)CC(CN1C(=O)C=CC1=O)S(=O)(=O)O. The third-order valence-electron chi connectivity index (χ3n) is 2.11. The molecule has 0 saturated carbocycles. The number of carbonyl (C=O) groups is 3. The lowest BCUT2D eigenvalue weighted by Crippen LogP contribution is -2.41. The molecule has 1 atom stereocenters. The number of hydrogen-bond acceptors (Lipinski definition) is 5. The molecule has 0 spiro atoms. The maximum atomic E-state index is 11.1. The van der Waals surface area contributed by atoms with Crippen LogP contribution in [0.2, 0.25) is 0 Å². The van der Waals surface area contributed by atoms with E-state index >= 15 is 0 Å². The summed E-state index contributed by atoms with van der Waals surface area (Å²) in [5.74, 6) is -2.94. The Morgan fingerprint density at radius 3 is 2.12 bits per heavy atom. The van der Waals surface area contributed by atoms with E-state index < -0.39 is 46.1 Å². The molecule has 0 aromatic heterocycles. The molecule has 8 nitrogen and oxygen atoms in total. The van der Waals surface area contributed by atoms with Gasteiger partial charge in [-0.2, -0.15) is 8.42 Å². The molecule has 1 aliphatic rings. The molecular weight excluding hydrogens is 254 g/mol. The van der Waals surface area contributed by atoms with E-state index in [1.54, 1.807) is 0 Å². The average Bonchev–Trinajstić information content (AvgIpc) is 2.46. The molecule has 0 aliphatic carbocycles.